The van der Waals surface area contributed by atoms with Crippen molar-refractivity contribution in [1.29, 1.82) is 5.26 Å². The predicted molar refractivity (Wildman–Crippen MR) is 79.1 cm³/mol. The number of hydrogen-bond acceptors (Lipinski definition) is 2. The van der Waals surface area contributed by atoms with Gasteiger partial charge in [0.2, 0.25) is 0 Å². The van der Waals surface area contributed by atoms with E-state index in [9.17, 15) is 4.39 Å². The van der Waals surface area contributed by atoms with Crippen LogP contribution in [0.5, 0.6) is 0 Å². The summed E-state index contributed by atoms with van der Waals surface area (Å²) < 4.78 is 13.6. The molecule has 0 aromatic heterocycles. The average Bonchev–Trinajstić information content (AvgIpc) is 2.44. The number of aryl methyl sites for hydroxylation is 2. The van der Waals surface area contributed by atoms with Crippen LogP contribution in [0.25, 0.3) is 0 Å². The Morgan fingerprint density at radius 1 is 1.15 bits per heavy atom. The number of nitrogens with zero attached hydrogens (tertiary/aromatic N) is 1. The molecule has 2 rings (SSSR count). The van der Waals surface area contributed by atoms with Gasteiger partial charge in [-0.05, 0) is 49.6 Å². The molecule has 102 valence electrons. The van der Waals surface area contributed by atoms with E-state index in [1.807, 2.05) is 32.0 Å². The molecule has 0 amide bonds. The lowest BCUT2D eigenvalue weighted by molar-refractivity contribution is 0.614. The summed E-state index contributed by atoms with van der Waals surface area (Å²) in [5.41, 5.74) is 3.91. The van der Waals surface area contributed by atoms with E-state index in [2.05, 4.69) is 11.4 Å². The number of nitriles is 1. The minimum Gasteiger partial charge on any atom is -0.377 e. The number of anilines is 1. The molecule has 3 heteroatoms. The van der Waals surface area contributed by atoms with Gasteiger partial charge in [0.25, 0.3) is 0 Å². The molecule has 0 heterocycles. The third kappa shape index (κ3) is 2.80. The van der Waals surface area contributed by atoms with E-state index in [1.165, 1.54) is 6.07 Å². The monoisotopic (exact) mass is 268 g/mol. The van der Waals surface area contributed by atoms with Crippen LogP contribution < -0.4 is 5.32 Å². The first-order valence-electron chi connectivity index (χ1n) is 6.55. The molecule has 0 aliphatic carbocycles. The summed E-state index contributed by atoms with van der Waals surface area (Å²) in [6, 6.07) is 12.9. The highest BCUT2D eigenvalue weighted by molar-refractivity contribution is 5.63. The maximum absolute atomic E-state index is 13.6. The zero-order chi connectivity index (χ0) is 14.7. The fourth-order valence-electron chi connectivity index (χ4n) is 2.13. The second kappa shape index (κ2) is 5.75. The number of nitrogens with one attached hydrogen (secondary N) is 1. The molecule has 0 aliphatic rings. The summed E-state index contributed by atoms with van der Waals surface area (Å²) in [5, 5.41) is 12.5. The van der Waals surface area contributed by atoms with Crippen LogP contribution in [0, 0.1) is 31.0 Å². The molecule has 2 nitrogen and oxygen atoms in total. The number of para-hydroxylation sites is 1. The number of halogens is 1. The number of rotatable bonds is 3. The molecule has 2 aromatic carbocycles. The Hall–Kier alpha value is -2.34. The van der Waals surface area contributed by atoms with Crippen molar-refractivity contribution in [1.82, 2.24) is 0 Å². The Balaban J connectivity index is 2.30. The summed E-state index contributed by atoms with van der Waals surface area (Å²) in [7, 11) is 0. The zero-order valence-electron chi connectivity index (χ0n) is 11.9. The fraction of sp³-hybridized carbons (Fsp3) is 0.235. The van der Waals surface area contributed by atoms with Crippen molar-refractivity contribution in [3.05, 3.63) is 64.5 Å². The summed E-state index contributed by atoms with van der Waals surface area (Å²) >= 11 is 0. The SMILES string of the molecule is Cc1ccc(C(C)Nc2c(C)cccc2C#N)cc1F. The molecule has 1 N–H and O–H groups in total. The maximum Gasteiger partial charge on any atom is 0.126 e. The van der Waals surface area contributed by atoms with Gasteiger partial charge in [-0.2, -0.15) is 5.26 Å². The summed E-state index contributed by atoms with van der Waals surface area (Å²) in [6.07, 6.45) is 0. The van der Waals surface area contributed by atoms with Crippen LogP contribution in [0.2, 0.25) is 0 Å². The Morgan fingerprint density at radius 2 is 1.90 bits per heavy atom. The van der Waals surface area contributed by atoms with Crippen molar-refractivity contribution in [3.63, 3.8) is 0 Å². The van der Waals surface area contributed by atoms with Gasteiger partial charge in [0, 0.05) is 6.04 Å². The average molecular weight is 268 g/mol. The third-order valence-corrected chi connectivity index (χ3v) is 3.45. The van der Waals surface area contributed by atoms with Crippen LogP contribution >= 0.6 is 0 Å². The summed E-state index contributed by atoms with van der Waals surface area (Å²) in [4.78, 5) is 0. The van der Waals surface area contributed by atoms with Gasteiger partial charge in [0.1, 0.15) is 11.9 Å². The van der Waals surface area contributed by atoms with Crippen LogP contribution in [-0.2, 0) is 0 Å². The van der Waals surface area contributed by atoms with Gasteiger partial charge in [0.05, 0.1) is 11.3 Å². The molecule has 0 saturated carbocycles. The summed E-state index contributed by atoms with van der Waals surface area (Å²) in [5.74, 6) is -0.207. The van der Waals surface area contributed by atoms with Crippen molar-refractivity contribution >= 4 is 5.69 Å². The van der Waals surface area contributed by atoms with E-state index in [0.717, 1.165) is 16.8 Å². The Labute approximate surface area is 118 Å². The lowest BCUT2D eigenvalue weighted by atomic mass is 10.0. The van der Waals surface area contributed by atoms with E-state index < -0.39 is 0 Å². The molecular weight excluding hydrogens is 251 g/mol. The summed E-state index contributed by atoms with van der Waals surface area (Å²) in [6.45, 7) is 5.65. The topological polar surface area (TPSA) is 35.8 Å². The van der Waals surface area contributed by atoms with Gasteiger partial charge in [-0.3, -0.25) is 0 Å². The molecule has 0 radical (unpaired) electrons. The number of hydrogen-bond donors (Lipinski definition) is 1. The van der Waals surface area contributed by atoms with Crippen LogP contribution in [0.4, 0.5) is 10.1 Å². The highest BCUT2D eigenvalue weighted by Crippen LogP contribution is 2.26. The van der Waals surface area contributed by atoms with Crippen molar-refractivity contribution in [2.45, 2.75) is 26.8 Å². The molecule has 0 spiro atoms. The van der Waals surface area contributed by atoms with Gasteiger partial charge in [-0.15, -0.1) is 0 Å². The van der Waals surface area contributed by atoms with Crippen LogP contribution in [0.3, 0.4) is 0 Å². The van der Waals surface area contributed by atoms with E-state index in [-0.39, 0.29) is 11.9 Å². The molecule has 0 saturated heterocycles. The molecule has 2 aromatic rings. The normalized spacial score (nSPS) is 11.8. The molecule has 0 fully saturated rings. The van der Waals surface area contributed by atoms with E-state index in [1.54, 1.807) is 19.1 Å². The van der Waals surface area contributed by atoms with Crippen molar-refractivity contribution in [3.8, 4) is 6.07 Å². The first-order chi connectivity index (χ1) is 9.52. The minimum atomic E-state index is -0.207. The Bertz CT molecular complexity index is 671. The van der Waals surface area contributed by atoms with E-state index in [4.69, 9.17) is 5.26 Å². The minimum absolute atomic E-state index is 0.0710. The first kappa shape index (κ1) is 14.1. The van der Waals surface area contributed by atoms with E-state index >= 15 is 0 Å². The molecular formula is C17H17FN2. The molecule has 0 bridgehead atoms. The third-order valence-electron chi connectivity index (χ3n) is 3.45. The Kier molecular flexibility index (Phi) is 4.05. The lowest BCUT2D eigenvalue weighted by Crippen LogP contribution is -2.09. The maximum atomic E-state index is 13.6. The lowest BCUT2D eigenvalue weighted by Gasteiger charge is -2.19. The van der Waals surface area contributed by atoms with Crippen LogP contribution in [0.1, 0.15) is 35.2 Å². The van der Waals surface area contributed by atoms with E-state index in [0.29, 0.717) is 11.1 Å². The highest BCUT2D eigenvalue weighted by Gasteiger charge is 2.11. The zero-order valence-corrected chi connectivity index (χ0v) is 11.9. The van der Waals surface area contributed by atoms with Crippen LogP contribution in [-0.4, -0.2) is 0 Å². The van der Waals surface area contributed by atoms with Crippen LogP contribution in [0.15, 0.2) is 36.4 Å². The van der Waals surface area contributed by atoms with Crippen molar-refractivity contribution in [2.75, 3.05) is 5.32 Å². The van der Waals surface area contributed by atoms with Gasteiger partial charge in [0.15, 0.2) is 0 Å². The number of benzene rings is 2. The second-order valence-corrected chi connectivity index (χ2v) is 4.98. The first-order valence-corrected chi connectivity index (χ1v) is 6.55. The highest BCUT2D eigenvalue weighted by atomic mass is 19.1. The van der Waals surface area contributed by atoms with Gasteiger partial charge in [-0.1, -0.05) is 24.3 Å². The standard InChI is InChI=1S/C17H17FN2/c1-11-7-8-14(9-16(11)18)13(3)20-17-12(2)5-4-6-15(17)10-19/h4-9,13,20H,1-3H3. The predicted octanol–water partition coefficient (Wildman–Crippen LogP) is 4.49. The van der Waals surface area contributed by atoms with Crippen molar-refractivity contribution < 1.29 is 4.39 Å². The molecule has 0 aliphatic heterocycles. The quantitative estimate of drug-likeness (QED) is 0.890. The van der Waals surface area contributed by atoms with Crippen molar-refractivity contribution in [2.24, 2.45) is 0 Å². The van der Waals surface area contributed by atoms with Gasteiger partial charge >= 0.3 is 0 Å². The largest absolute Gasteiger partial charge is 0.377 e. The molecule has 20 heavy (non-hydrogen) atoms. The Morgan fingerprint density at radius 3 is 2.55 bits per heavy atom. The molecule has 1 unspecified atom stereocenters. The van der Waals surface area contributed by atoms with Gasteiger partial charge in [-0.25, -0.2) is 4.39 Å². The second-order valence-electron chi connectivity index (χ2n) is 4.98. The smallest absolute Gasteiger partial charge is 0.126 e. The van der Waals surface area contributed by atoms with Gasteiger partial charge < -0.3 is 5.32 Å². The fourth-order valence-corrected chi connectivity index (χ4v) is 2.13. The molecule has 1 atom stereocenters.